The zero-order chi connectivity index (χ0) is 22.7. The van der Waals surface area contributed by atoms with E-state index in [1.807, 2.05) is 0 Å². The number of rotatable bonds is 8. The minimum Gasteiger partial charge on any atom is -0.365 e. The lowest BCUT2D eigenvalue weighted by Gasteiger charge is -2.39. The topological polar surface area (TPSA) is 9.72 Å². The van der Waals surface area contributed by atoms with E-state index >= 15 is 0 Å². The Bertz CT molecular complexity index is 750. The van der Waals surface area contributed by atoms with Crippen molar-refractivity contribution in [2.75, 3.05) is 21.7 Å². The summed E-state index contributed by atoms with van der Waals surface area (Å²) in [5.74, 6) is 0. The Balaban J connectivity index is 2.69. The van der Waals surface area contributed by atoms with Crippen LogP contribution in [0, 0.1) is 13.8 Å². The summed E-state index contributed by atoms with van der Waals surface area (Å²) in [6.45, 7) is 22.6. The molecular weight excluding hydrogens is 366 g/mol. The normalized spacial score (nSPS) is 11.7. The largest absolute Gasteiger partial charge is 0.365 e. The number of benzene rings is 2. The number of anilines is 4. The fourth-order valence-corrected chi connectivity index (χ4v) is 4.68. The second-order valence-corrected chi connectivity index (χ2v) is 9.73. The summed E-state index contributed by atoms with van der Waals surface area (Å²) in [7, 11) is 2.21. The lowest BCUT2D eigenvalue weighted by Crippen LogP contribution is -2.39. The van der Waals surface area contributed by atoms with Gasteiger partial charge in [-0.15, -0.1) is 0 Å². The molecule has 0 aliphatic rings. The van der Waals surface area contributed by atoms with Crippen molar-refractivity contribution in [3.63, 3.8) is 0 Å². The zero-order valence-corrected chi connectivity index (χ0v) is 21.1. The molecule has 0 N–H and O–H groups in total. The molecular formula is C27H43N3. The minimum absolute atomic E-state index is 0.430. The van der Waals surface area contributed by atoms with Crippen molar-refractivity contribution in [3.05, 3.63) is 47.5 Å². The van der Waals surface area contributed by atoms with E-state index in [0.29, 0.717) is 24.2 Å². The van der Waals surface area contributed by atoms with Gasteiger partial charge in [0, 0.05) is 31.2 Å². The lowest BCUT2D eigenvalue weighted by molar-refractivity contribution is 0.606. The molecule has 3 heteroatoms. The van der Waals surface area contributed by atoms with Gasteiger partial charge in [-0.1, -0.05) is 12.1 Å². The molecule has 2 rings (SSSR count). The molecule has 0 aliphatic heterocycles. The summed E-state index contributed by atoms with van der Waals surface area (Å²) in [6, 6.07) is 15.4. The van der Waals surface area contributed by atoms with Crippen LogP contribution in [0.2, 0.25) is 0 Å². The highest BCUT2D eigenvalue weighted by Gasteiger charge is 2.24. The molecule has 166 valence electrons. The predicted octanol–water partition coefficient (Wildman–Crippen LogP) is 7.32. The minimum atomic E-state index is 0.430. The van der Waals surface area contributed by atoms with Crippen LogP contribution in [0.1, 0.15) is 66.5 Å². The molecule has 0 unspecified atom stereocenters. The van der Waals surface area contributed by atoms with Crippen molar-refractivity contribution < 1.29 is 0 Å². The van der Waals surface area contributed by atoms with Crippen LogP contribution < -0.4 is 14.7 Å². The van der Waals surface area contributed by atoms with Crippen LogP contribution in [-0.2, 0) is 0 Å². The van der Waals surface area contributed by atoms with E-state index in [1.165, 1.54) is 33.9 Å². The highest BCUT2D eigenvalue weighted by atomic mass is 15.2. The Labute approximate surface area is 185 Å². The summed E-state index contributed by atoms with van der Waals surface area (Å²) in [6.07, 6.45) is 0. The first-order valence-electron chi connectivity index (χ1n) is 11.5. The van der Waals surface area contributed by atoms with Gasteiger partial charge in [0.2, 0.25) is 0 Å². The molecule has 2 aromatic rings. The van der Waals surface area contributed by atoms with E-state index in [1.54, 1.807) is 0 Å². The Kier molecular flexibility index (Phi) is 7.85. The van der Waals surface area contributed by atoms with E-state index < -0.39 is 0 Å². The van der Waals surface area contributed by atoms with Crippen LogP contribution >= 0.6 is 0 Å². The van der Waals surface area contributed by atoms with E-state index in [0.717, 1.165) is 0 Å². The SMILES string of the molecule is Cc1ccc(N(C)c2ccc(C)cc2N(C(C)C)C(C)C)c(N(C(C)C)C(C)C)c1. The molecule has 30 heavy (non-hydrogen) atoms. The number of hydrogen-bond acceptors (Lipinski definition) is 3. The van der Waals surface area contributed by atoms with Gasteiger partial charge in [0.1, 0.15) is 0 Å². The van der Waals surface area contributed by atoms with Gasteiger partial charge in [0.15, 0.2) is 0 Å². The first-order valence-corrected chi connectivity index (χ1v) is 11.5. The Morgan fingerprint density at radius 1 is 0.500 bits per heavy atom. The Hall–Kier alpha value is -2.16. The second kappa shape index (κ2) is 9.76. The summed E-state index contributed by atoms with van der Waals surface area (Å²) < 4.78 is 0. The maximum absolute atomic E-state index is 2.52. The molecule has 3 nitrogen and oxygen atoms in total. The molecule has 0 bridgehead atoms. The van der Waals surface area contributed by atoms with Crippen molar-refractivity contribution in [1.82, 2.24) is 0 Å². The smallest absolute Gasteiger partial charge is 0.0646 e. The van der Waals surface area contributed by atoms with Crippen molar-refractivity contribution >= 4 is 22.7 Å². The highest BCUT2D eigenvalue weighted by Crippen LogP contribution is 2.41. The molecule has 0 saturated heterocycles. The second-order valence-electron chi connectivity index (χ2n) is 9.73. The van der Waals surface area contributed by atoms with Gasteiger partial charge in [-0.2, -0.15) is 0 Å². The van der Waals surface area contributed by atoms with Gasteiger partial charge in [0.25, 0.3) is 0 Å². The Morgan fingerprint density at radius 2 is 0.800 bits per heavy atom. The van der Waals surface area contributed by atoms with Crippen molar-refractivity contribution in [2.24, 2.45) is 0 Å². The molecule has 0 fully saturated rings. The first-order chi connectivity index (χ1) is 14.0. The predicted molar refractivity (Wildman–Crippen MR) is 136 cm³/mol. The molecule has 0 aromatic heterocycles. The Morgan fingerprint density at radius 3 is 1.07 bits per heavy atom. The molecule has 0 spiro atoms. The average molecular weight is 410 g/mol. The maximum Gasteiger partial charge on any atom is 0.0646 e. The van der Waals surface area contributed by atoms with E-state index in [2.05, 4.69) is 127 Å². The monoisotopic (exact) mass is 409 g/mol. The molecule has 0 amide bonds. The average Bonchev–Trinajstić information content (AvgIpc) is 2.60. The quantitative estimate of drug-likeness (QED) is 0.452. The van der Waals surface area contributed by atoms with Crippen LogP contribution in [0.4, 0.5) is 22.7 Å². The molecule has 0 radical (unpaired) electrons. The summed E-state index contributed by atoms with van der Waals surface area (Å²) in [5, 5.41) is 0. The molecule has 0 saturated carbocycles. The molecule has 0 aliphatic carbocycles. The first kappa shape index (κ1) is 24.1. The third kappa shape index (κ3) is 5.11. The van der Waals surface area contributed by atoms with Crippen LogP contribution in [0.3, 0.4) is 0 Å². The summed E-state index contributed by atoms with van der Waals surface area (Å²) >= 11 is 0. The fraction of sp³-hybridized carbons (Fsp3) is 0.556. The van der Waals surface area contributed by atoms with Gasteiger partial charge < -0.3 is 14.7 Å². The summed E-state index contributed by atoms with van der Waals surface area (Å²) in [5.41, 5.74) is 7.69. The molecule has 0 atom stereocenters. The highest BCUT2D eigenvalue weighted by molar-refractivity contribution is 5.84. The standard InChI is InChI=1S/C27H43N3/c1-18(2)29(19(3)4)26-16-22(9)12-14-24(26)28(11)25-15-13-23(10)17-27(25)30(20(5)6)21(7)8/h12-21H,1-11H3. The zero-order valence-electron chi connectivity index (χ0n) is 21.1. The van der Waals surface area contributed by atoms with Gasteiger partial charge in [-0.3, -0.25) is 0 Å². The van der Waals surface area contributed by atoms with Crippen molar-refractivity contribution in [2.45, 2.75) is 93.4 Å². The third-order valence-electron chi connectivity index (χ3n) is 5.77. The number of aryl methyl sites for hydroxylation is 2. The van der Waals surface area contributed by atoms with Gasteiger partial charge in [-0.05, 0) is 105 Å². The van der Waals surface area contributed by atoms with Crippen LogP contribution in [-0.4, -0.2) is 31.2 Å². The fourth-order valence-electron chi connectivity index (χ4n) is 4.68. The summed E-state index contributed by atoms with van der Waals surface area (Å²) in [4.78, 5) is 7.42. The van der Waals surface area contributed by atoms with Gasteiger partial charge in [-0.25, -0.2) is 0 Å². The molecule has 0 heterocycles. The molecule has 2 aromatic carbocycles. The van der Waals surface area contributed by atoms with E-state index in [4.69, 9.17) is 0 Å². The van der Waals surface area contributed by atoms with E-state index in [9.17, 15) is 0 Å². The van der Waals surface area contributed by atoms with Crippen molar-refractivity contribution in [3.8, 4) is 0 Å². The van der Waals surface area contributed by atoms with Crippen molar-refractivity contribution in [1.29, 1.82) is 0 Å². The van der Waals surface area contributed by atoms with Crippen LogP contribution in [0.5, 0.6) is 0 Å². The van der Waals surface area contributed by atoms with Crippen LogP contribution in [0.25, 0.3) is 0 Å². The van der Waals surface area contributed by atoms with E-state index in [-0.39, 0.29) is 0 Å². The van der Waals surface area contributed by atoms with Crippen LogP contribution in [0.15, 0.2) is 36.4 Å². The lowest BCUT2D eigenvalue weighted by atomic mass is 10.1. The van der Waals surface area contributed by atoms with Gasteiger partial charge >= 0.3 is 0 Å². The number of nitrogens with zero attached hydrogens (tertiary/aromatic N) is 3. The van der Waals surface area contributed by atoms with Gasteiger partial charge in [0.05, 0.1) is 22.7 Å². The number of hydrogen-bond donors (Lipinski definition) is 0. The third-order valence-corrected chi connectivity index (χ3v) is 5.77. The maximum atomic E-state index is 2.52.